The maximum absolute atomic E-state index is 5.92. The summed E-state index contributed by atoms with van der Waals surface area (Å²) in [5, 5.41) is 4.45. The van der Waals surface area contributed by atoms with E-state index in [1.54, 1.807) is 0 Å². The lowest BCUT2D eigenvalue weighted by atomic mass is 9.94. The van der Waals surface area contributed by atoms with Gasteiger partial charge in [0.2, 0.25) is 0 Å². The third-order valence-corrected chi connectivity index (χ3v) is 5.92. The number of anilines is 2. The summed E-state index contributed by atoms with van der Waals surface area (Å²) in [5.41, 5.74) is 3.96. The van der Waals surface area contributed by atoms with E-state index in [1.165, 1.54) is 5.56 Å². The fourth-order valence-corrected chi connectivity index (χ4v) is 4.22. The average Bonchev–Trinajstić information content (AvgIpc) is 2.83. The molecule has 3 aromatic heterocycles. The molecule has 0 bridgehead atoms. The topological polar surface area (TPSA) is 70.1 Å². The Morgan fingerprint density at radius 3 is 2.61 bits per heavy atom. The fourth-order valence-electron chi connectivity index (χ4n) is 4.22. The fraction of sp³-hybridized carbons (Fsp3) is 0.280. The van der Waals surface area contributed by atoms with E-state index in [9.17, 15) is 0 Å². The molecule has 0 amide bonds. The SMILES string of the molecule is [B]c1cccc(CNc2nc(C)nc3cnc(N4CCN(Cc5cccnc5)CC4)cc23)c1. The summed E-state index contributed by atoms with van der Waals surface area (Å²) < 4.78 is 0. The number of hydrogen-bond acceptors (Lipinski definition) is 7. The highest BCUT2D eigenvalue weighted by Crippen LogP contribution is 2.25. The molecule has 1 aliphatic rings. The summed E-state index contributed by atoms with van der Waals surface area (Å²) in [4.78, 5) is 23.0. The Kier molecular flexibility index (Phi) is 6.17. The lowest BCUT2D eigenvalue weighted by Crippen LogP contribution is -2.46. The molecule has 4 heterocycles. The van der Waals surface area contributed by atoms with E-state index in [-0.39, 0.29) is 0 Å². The molecule has 7 nitrogen and oxygen atoms in total. The van der Waals surface area contributed by atoms with Gasteiger partial charge >= 0.3 is 0 Å². The zero-order chi connectivity index (χ0) is 22.6. The second-order valence-electron chi connectivity index (χ2n) is 8.40. The molecule has 0 unspecified atom stereocenters. The standard InChI is InChI=1S/C25H26BN7/c1-18-30-23-16-28-24(33-10-8-32(9-11-33)17-20-5-3-7-27-14-20)13-22(23)25(31-18)29-15-19-4-2-6-21(26)12-19/h2-7,12-14,16H,8-11,15,17H2,1H3,(H,29,30,31). The average molecular weight is 435 g/mol. The van der Waals surface area contributed by atoms with E-state index in [4.69, 9.17) is 12.8 Å². The Hall–Kier alpha value is -3.52. The minimum atomic E-state index is 0.640. The molecule has 1 aromatic carbocycles. The number of benzene rings is 1. The van der Waals surface area contributed by atoms with Crippen LogP contribution in [0.25, 0.3) is 10.9 Å². The first-order valence-electron chi connectivity index (χ1n) is 11.2. The molecule has 4 aromatic rings. The molecule has 33 heavy (non-hydrogen) atoms. The first kappa shape index (κ1) is 21.3. The van der Waals surface area contributed by atoms with Crippen LogP contribution in [0.5, 0.6) is 0 Å². The minimum absolute atomic E-state index is 0.640. The van der Waals surface area contributed by atoms with E-state index < -0.39 is 0 Å². The molecular formula is C25H26BN7. The van der Waals surface area contributed by atoms with Gasteiger partial charge in [-0.05, 0) is 30.2 Å². The quantitative estimate of drug-likeness (QED) is 0.467. The highest BCUT2D eigenvalue weighted by Gasteiger charge is 2.19. The second kappa shape index (κ2) is 9.54. The first-order chi connectivity index (χ1) is 16.1. The summed E-state index contributed by atoms with van der Waals surface area (Å²) in [6.07, 6.45) is 5.61. The van der Waals surface area contributed by atoms with Crippen LogP contribution in [0.3, 0.4) is 0 Å². The van der Waals surface area contributed by atoms with Crippen molar-refractivity contribution in [3.05, 3.63) is 78.0 Å². The van der Waals surface area contributed by atoms with Gasteiger partial charge in [-0.25, -0.2) is 15.0 Å². The molecule has 5 rings (SSSR count). The van der Waals surface area contributed by atoms with Gasteiger partial charge in [0, 0.05) is 57.0 Å². The van der Waals surface area contributed by atoms with E-state index in [0.717, 1.165) is 72.1 Å². The normalized spacial score (nSPS) is 14.5. The number of nitrogens with one attached hydrogen (secondary N) is 1. The van der Waals surface area contributed by atoms with Crippen LogP contribution >= 0.6 is 0 Å². The molecule has 1 N–H and O–H groups in total. The van der Waals surface area contributed by atoms with Crippen molar-refractivity contribution in [3.63, 3.8) is 0 Å². The van der Waals surface area contributed by atoms with Crippen LogP contribution in [0.15, 0.2) is 61.1 Å². The van der Waals surface area contributed by atoms with Crippen molar-refractivity contribution in [2.75, 3.05) is 36.4 Å². The zero-order valence-corrected chi connectivity index (χ0v) is 18.8. The molecule has 2 radical (unpaired) electrons. The summed E-state index contributed by atoms with van der Waals surface area (Å²) in [7, 11) is 5.92. The van der Waals surface area contributed by atoms with Gasteiger partial charge < -0.3 is 10.2 Å². The molecule has 0 saturated carbocycles. The lowest BCUT2D eigenvalue weighted by molar-refractivity contribution is 0.249. The number of hydrogen-bond donors (Lipinski definition) is 1. The van der Waals surface area contributed by atoms with Crippen molar-refractivity contribution in [3.8, 4) is 0 Å². The highest BCUT2D eigenvalue weighted by molar-refractivity contribution is 6.32. The maximum Gasteiger partial charge on any atom is 0.138 e. The number of pyridine rings is 2. The molecule has 1 saturated heterocycles. The van der Waals surface area contributed by atoms with Crippen LogP contribution in [0.1, 0.15) is 17.0 Å². The van der Waals surface area contributed by atoms with Crippen molar-refractivity contribution in [2.45, 2.75) is 20.0 Å². The minimum Gasteiger partial charge on any atom is -0.365 e. The number of aromatic nitrogens is 4. The third kappa shape index (κ3) is 5.12. The largest absolute Gasteiger partial charge is 0.365 e. The van der Waals surface area contributed by atoms with E-state index in [0.29, 0.717) is 6.54 Å². The van der Waals surface area contributed by atoms with E-state index >= 15 is 0 Å². The summed E-state index contributed by atoms with van der Waals surface area (Å²) in [5.74, 6) is 2.50. The number of nitrogens with zero attached hydrogens (tertiary/aromatic N) is 6. The van der Waals surface area contributed by atoms with Gasteiger partial charge in [0.05, 0.1) is 11.7 Å². The number of piperazine rings is 1. The maximum atomic E-state index is 5.92. The van der Waals surface area contributed by atoms with Gasteiger partial charge in [0.15, 0.2) is 0 Å². The smallest absolute Gasteiger partial charge is 0.138 e. The van der Waals surface area contributed by atoms with Crippen molar-refractivity contribution >= 4 is 35.8 Å². The van der Waals surface area contributed by atoms with Crippen LogP contribution < -0.4 is 15.7 Å². The Morgan fingerprint density at radius 1 is 0.970 bits per heavy atom. The van der Waals surface area contributed by atoms with Crippen LogP contribution in [0.4, 0.5) is 11.6 Å². The number of aryl methyl sites for hydroxylation is 1. The van der Waals surface area contributed by atoms with Gasteiger partial charge in [0.25, 0.3) is 0 Å². The monoisotopic (exact) mass is 435 g/mol. The van der Waals surface area contributed by atoms with Crippen molar-refractivity contribution in [2.24, 2.45) is 0 Å². The number of fused-ring (bicyclic) bond motifs is 1. The highest BCUT2D eigenvalue weighted by atomic mass is 15.3. The van der Waals surface area contributed by atoms with Crippen molar-refractivity contribution < 1.29 is 0 Å². The van der Waals surface area contributed by atoms with E-state index in [1.807, 2.05) is 49.8 Å². The van der Waals surface area contributed by atoms with Crippen molar-refractivity contribution in [1.82, 2.24) is 24.8 Å². The van der Waals surface area contributed by atoms with Gasteiger partial charge in [-0.2, -0.15) is 0 Å². The molecule has 1 aliphatic heterocycles. The Morgan fingerprint density at radius 2 is 1.82 bits per heavy atom. The van der Waals surface area contributed by atoms with Gasteiger partial charge in [-0.15, -0.1) is 0 Å². The van der Waals surface area contributed by atoms with Crippen LogP contribution in [-0.2, 0) is 13.1 Å². The molecular weight excluding hydrogens is 409 g/mol. The molecule has 0 aliphatic carbocycles. The van der Waals surface area contributed by atoms with Gasteiger partial charge in [-0.3, -0.25) is 9.88 Å². The zero-order valence-electron chi connectivity index (χ0n) is 18.8. The first-order valence-corrected chi connectivity index (χ1v) is 11.2. The lowest BCUT2D eigenvalue weighted by Gasteiger charge is -2.35. The Bertz CT molecular complexity index is 1240. The molecule has 8 heteroatoms. The Balaban J connectivity index is 1.31. The third-order valence-electron chi connectivity index (χ3n) is 5.92. The summed E-state index contributed by atoms with van der Waals surface area (Å²) in [6.45, 7) is 7.30. The summed E-state index contributed by atoms with van der Waals surface area (Å²) in [6, 6.07) is 14.1. The molecule has 164 valence electrons. The van der Waals surface area contributed by atoms with Gasteiger partial charge in [-0.1, -0.05) is 35.8 Å². The van der Waals surface area contributed by atoms with Crippen LogP contribution in [0, 0.1) is 6.92 Å². The molecule has 0 spiro atoms. The van der Waals surface area contributed by atoms with Crippen molar-refractivity contribution in [1.29, 1.82) is 0 Å². The van der Waals surface area contributed by atoms with E-state index in [2.05, 4.69) is 48.3 Å². The van der Waals surface area contributed by atoms with Crippen LogP contribution in [-0.4, -0.2) is 58.9 Å². The molecule has 0 atom stereocenters. The second-order valence-corrected chi connectivity index (χ2v) is 8.40. The summed E-state index contributed by atoms with van der Waals surface area (Å²) >= 11 is 0. The predicted molar refractivity (Wildman–Crippen MR) is 133 cm³/mol. The Labute approximate surface area is 195 Å². The predicted octanol–water partition coefficient (Wildman–Crippen LogP) is 2.46. The molecule has 1 fully saturated rings. The van der Waals surface area contributed by atoms with Crippen LogP contribution in [0.2, 0.25) is 0 Å². The number of rotatable bonds is 6. The van der Waals surface area contributed by atoms with Gasteiger partial charge in [0.1, 0.15) is 25.3 Å².